The summed E-state index contributed by atoms with van der Waals surface area (Å²) in [5.74, 6) is -0.283. The third-order valence-corrected chi connectivity index (χ3v) is 5.10. The Bertz CT molecular complexity index is 570. The molecule has 2 aliphatic heterocycles. The Morgan fingerprint density at radius 2 is 1.96 bits per heavy atom. The van der Waals surface area contributed by atoms with Crippen molar-refractivity contribution in [2.24, 2.45) is 0 Å². The lowest BCUT2D eigenvalue weighted by molar-refractivity contribution is 0.0241. The molecule has 1 aromatic carbocycles. The molecule has 1 amide bonds. The molecule has 0 radical (unpaired) electrons. The van der Waals surface area contributed by atoms with E-state index in [0.717, 1.165) is 51.9 Å². The molecule has 0 saturated carbocycles. The lowest BCUT2D eigenvalue weighted by Crippen LogP contribution is -2.50. The number of carbonyl (C=O) groups is 1. The van der Waals surface area contributed by atoms with Gasteiger partial charge in [0.15, 0.2) is 0 Å². The first-order valence-corrected chi connectivity index (χ1v) is 8.52. The highest BCUT2D eigenvalue weighted by atomic mass is 19.1. The molecule has 2 heterocycles. The number of aliphatic hydroxyl groups is 1. The minimum absolute atomic E-state index is 0.00905. The number of likely N-dealkylation sites (tertiary alicyclic amines) is 2. The van der Waals surface area contributed by atoms with Gasteiger partial charge in [0.2, 0.25) is 0 Å². The molecule has 1 atom stereocenters. The van der Waals surface area contributed by atoms with E-state index >= 15 is 0 Å². The smallest absolute Gasteiger partial charge is 0.253 e. The summed E-state index contributed by atoms with van der Waals surface area (Å²) in [6.07, 6.45) is 3.63. The Morgan fingerprint density at radius 3 is 2.61 bits per heavy atom. The standard InChI is InChI=1S/C18H25FN2O2/c1-13-11-14(4-5-17(13)19)18(23)20-9-6-15(7-10-20)21-8-2-3-16(22)12-21/h4-5,11,15-16,22H,2-3,6-10,12H2,1H3. The molecule has 0 spiro atoms. The fourth-order valence-electron chi connectivity index (χ4n) is 3.71. The van der Waals surface area contributed by atoms with Gasteiger partial charge in [-0.1, -0.05) is 0 Å². The lowest BCUT2D eigenvalue weighted by atomic mass is 9.98. The molecule has 4 nitrogen and oxygen atoms in total. The monoisotopic (exact) mass is 320 g/mol. The number of hydrogen-bond acceptors (Lipinski definition) is 3. The van der Waals surface area contributed by atoms with Gasteiger partial charge in [0, 0.05) is 31.2 Å². The molecule has 1 aromatic rings. The fourth-order valence-corrected chi connectivity index (χ4v) is 3.71. The van der Waals surface area contributed by atoms with Crippen molar-refractivity contribution in [2.75, 3.05) is 26.2 Å². The Balaban J connectivity index is 1.57. The molecule has 0 aliphatic carbocycles. The summed E-state index contributed by atoms with van der Waals surface area (Å²) in [7, 11) is 0. The third kappa shape index (κ3) is 3.72. The second-order valence-electron chi connectivity index (χ2n) is 6.78. The van der Waals surface area contributed by atoms with Crippen molar-refractivity contribution in [1.29, 1.82) is 0 Å². The van der Waals surface area contributed by atoms with Crippen LogP contribution in [0.2, 0.25) is 0 Å². The minimum Gasteiger partial charge on any atom is -0.392 e. The van der Waals surface area contributed by atoms with E-state index in [2.05, 4.69) is 4.90 Å². The Morgan fingerprint density at radius 1 is 1.22 bits per heavy atom. The molecular formula is C18H25FN2O2. The number of aryl methyl sites for hydroxylation is 1. The quantitative estimate of drug-likeness (QED) is 0.908. The molecule has 0 bridgehead atoms. The van der Waals surface area contributed by atoms with Crippen LogP contribution in [0.5, 0.6) is 0 Å². The topological polar surface area (TPSA) is 43.8 Å². The Hall–Kier alpha value is -1.46. The second-order valence-corrected chi connectivity index (χ2v) is 6.78. The molecule has 1 unspecified atom stereocenters. The molecule has 0 aromatic heterocycles. The number of aliphatic hydroxyl groups excluding tert-OH is 1. The van der Waals surface area contributed by atoms with Crippen LogP contribution in [0.1, 0.15) is 41.6 Å². The third-order valence-electron chi connectivity index (χ3n) is 5.10. The number of nitrogens with zero attached hydrogens (tertiary/aromatic N) is 2. The molecule has 23 heavy (non-hydrogen) atoms. The van der Waals surface area contributed by atoms with E-state index in [9.17, 15) is 14.3 Å². The second kappa shape index (κ2) is 6.97. The molecule has 5 heteroatoms. The van der Waals surface area contributed by atoms with E-state index < -0.39 is 0 Å². The number of β-amino-alcohol motifs (C(OH)–C–C–N with tert-alkyl or cyclic N) is 1. The molecule has 2 aliphatic rings. The Kier molecular flexibility index (Phi) is 4.97. The van der Waals surface area contributed by atoms with Crippen LogP contribution in [-0.4, -0.2) is 59.1 Å². The summed E-state index contributed by atoms with van der Waals surface area (Å²) in [5.41, 5.74) is 1.07. The van der Waals surface area contributed by atoms with E-state index in [1.165, 1.54) is 6.07 Å². The van der Waals surface area contributed by atoms with Gasteiger partial charge in [-0.2, -0.15) is 0 Å². The average Bonchev–Trinajstić information content (AvgIpc) is 2.57. The number of halogens is 1. The molecular weight excluding hydrogens is 295 g/mol. The van der Waals surface area contributed by atoms with Crippen LogP contribution in [0.25, 0.3) is 0 Å². The van der Waals surface area contributed by atoms with Crippen LogP contribution in [0.15, 0.2) is 18.2 Å². The van der Waals surface area contributed by atoms with Gasteiger partial charge in [-0.3, -0.25) is 9.69 Å². The molecule has 2 fully saturated rings. The number of amides is 1. The maximum absolute atomic E-state index is 13.3. The van der Waals surface area contributed by atoms with Gasteiger partial charge >= 0.3 is 0 Å². The maximum atomic E-state index is 13.3. The van der Waals surface area contributed by atoms with Gasteiger partial charge in [-0.05, 0) is 62.9 Å². The predicted octanol–water partition coefficient (Wildman–Crippen LogP) is 2.20. The van der Waals surface area contributed by atoms with Gasteiger partial charge in [-0.25, -0.2) is 4.39 Å². The van der Waals surface area contributed by atoms with Crippen LogP contribution in [0.4, 0.5) is 4.39 Å². The van der Waals surface area contributed by atoms with Gasteiger partial charge in [0.1, 0.15) is 5.82 Å². The van der Waals surface area contributed by atoms with E-state index in [4.69, 9.17) is 0 Å². The van der Waals surface area contributed by atoms with Crippen molar-refractivity contribution in [3.05, 3.63) is 35.1 Å². The summed E-state index contributed by atoms with van der Waals surface area (Å²) in [6, 6.07) is 5.02. The van der Waals surface area contributed by atoms with Gasteiger partial charge in [0.05, 0.1) is 6.10 Å². The average molecular weight is 320 g/mol. The molecule has 126 valence electrons. The molecule has 2 saturated heterocycles. The predicted molar refractivity (Wildman–Crippen MR) is 86.9 cm³/mol. The minimum atomic E-state index is -0.274. The van der Waals surface area contributed by atoms with Crippen molar-refractivity contribution in [2.45, 2.75) is 44.8 Å². The normalized spacial score (nSPS) is 24.0. The maximum Gasteiger partial charge on any atom is 0.253 e. The summed E-state index contributed by atoms with van der Waals surface area (Å²) in [5, 5.41) is 9.81. The fraction of sp³-hybridized carbons (Fsp3) is 0.611. The van der Waals surface area contributed by atoms with E-state index in [0.29, 0.717) is 17.2 Å². The summed E-state index contributed by atoms with van der Waals surface area (Å²) < 4.78 is 13.3. The van der Waals surface area contributed by atoms with Crippen LogP contribution in [0, 0.1) is 12.7 Å². The highest BCUT2D eigenvalue weighted by Gasteiger charge is 2.30. The van der Waals surface area contributed by atoms with E-state index in [-0.39, 0.29) is 17.8 Å². The number of benzene rings is 1. The van der Waals surface area contributed by atoms with Crippen molar-refractivity contribution in [3.8, 4) is 0 Å². The van der Waals surface area contributed by atoms with Gasteiger partial charge in [0.25, 0.3) is 5.91 Å². The first kappa shape index (κ1) is 16.4. The number of rotatable bonds is 2. The zero-order chi connectivity index (χ0) is 16.4. The van der Waals surface area contributed by atoms with Crippen LogP contribution in [0.3, 0.4) is 0 Å². The van der Waals surface area contributed by atoms with Crippen molar-refractivity contribution < 1.29 is 14.3 Å². The lowest BCUT2D eigenvalue weighted by Gasteiger charge is -2.41. The highest BCUT2D eigenvalue weighted by Crippen LogP contribution is 2.22. The van der Waals surface area contributed by atoms with Crippen LogP contribution in [-0.2, 0) is 0 Å². The van der Waals surface area contributed by atoms with Crippen molar-refractivity contribution in [3.63, 3.8) is 0 Å². The van der Waals surface area contributed by atoms with Gasteiger partial charge < -0.3 is 10.0 Å². The van der Waals surface area contributed by atoms with Gasteiger partial charge in [-0.15, -0.1) is 0 Å². The summed E-state index contributed by atoms with van der Waals surface area (Å²) in [6.45, 7) is 4.95. The Labute approximate surface area is 136 Å². The van der Waals surface area contributed by atoms with Crippen molar-refractivity contribution in [1.82, 2.24) is 9.80 Å². The zero-order valence-corrected chi connectivity index (χ0v) is 13.7. The zero-order valence-electron chi connectivity index (χ0n) is 13.7. The highest BCUT2D eigenvalue weighted by molar-refractivity contribution is 5.94. The first-order valence-electron chi connectivity index (χ1n) is 8.52. The SMILES string of the molecule is Cc1cc(C(=O)N2CCC(N3CCCC(O)C3)CC2)ccc1F. The van der Waals surface area contributed by atoms with E-state index in [1.807, 2.05) is 4.90 Å². The molecule has 3 rings (SSSR count). The van der Waals surface area contributed by atoms with Crippen LogP contribution >= 0.6 is 0 Å². The molecule has 1 N–H and O–H groups in total. The van der Waals surface area contributed by atoms with Crippen LogP contribution < -0.4 is 0 Å². The number of piperidine rings is 2. The van der Waals surface area contributed by atoms with E-state index in [1.54, 1.807) is 19.1 Å². The first-order chi connectivity index (χ1) is 11.0. The summed E-state index contributed by atoms with van der Waals surface area (Å²) >= 11 is 0. The number of hydrogen-bond donors (Lipinski definition) is 1. The number of carbonyl (C=O) groups excluding carboxylic acids is 1. The summed E-state index contributed by atoms with van der Waals surface area (Å²) in [4.78, 5) is 16.8. The van der Waals surface area contributed by atoms with Crippen molar-refractivity contribution >= 4 is 5.91 Å². The largest absolute Gasteiger partial charge is 0.392 e.